The normalized spacial score (nSPS) is 13.8. The van der Waals surface area contributed by atoms with Crippen molar-refractivity contribution in [1.82, 2.24) is 9.97 Å². The van der Waals surface area contributed by atoms with E-state index in [2.05, 4.69) is 30.7 Å². The number of aromatic nitrogens is 2. The first-order valence-corrected chi connectivity index (χ1v) is 5.95. The van der Waals surface area contributed by atoms with Gasteiger partial charge in [0, 0.05) is 12.3 Å². The van der Waals surface area contributed by atoms with E-state index in [0.717, 1.165) is 11.5 Å². The smallest absolute Gasteiger partial charge is 0.137 e. The van der Waals surface area contributed by atoms with Crippen LogP contribution in [0.1, 0.15) is 45.3 Å². The molecule has 0 saturated heterocycles. The van der Waals surface area contributed by atoms with Crippen molar-refractivity contribution in [1.29, 1.82) is 0 Å². The molecule has 0 aliphatic carbocycles. The van der Waals surface area contributed by atoms with Gasteiger partial charge in [0.2, 0.25) is 0 Å². The maximum absolute atomic E-state index is 5.76. The summed E-state index contributed by atoms with van der Waals surface area (Å²) in [4.78, 5) is 7.59. The third-order valence-electron chi connectivity index (χ3n) is 2.26. The molecule has 0 radical (unpaired) electrons. The van der Waals surface area contributed by atoms with E-state index in [1.54, 1.807) is 0 Å². The molecule has 1 unspecified atom stereocenters. The fourth-order valence-electron chi connectivity index (χ4n) is 1.63. The van der Waals surface area contributed by atoms with Crippen molar-refractivity contribution >= 4 is 12.2 Å². The van der Waals surface area contributed by atoms with Crippen LogP contribution in [-0.4, -0.2) is 16.6 Å². The summed E-state index contributed by atoms with van der Waals surface area (Å²) in [5, 5.41) is 0. The number of nitrogens with zero attached hydrogens (tertiary/aromatic N) is 1. The standard InChI is InChI=1S/C12H20N2OS/c1-6-15-10(12(3,4)5)11-13-8(2)7-9(16)14-11/h7,10H,6H2,1-5H3,(H,13,14,16). The molecule has 90 valence electrons. The maximum atomic E-state index is 5.76. The van der Waals surface area contributed by atoms with E-state index in [9.17, 15) is 0 Å². The largest absolute Gasteiger partial charge is 0.370 e. The molecule has 0 aliphatic rings. The molecule has 16 heavy (non-hydrogen) atoms. The lowest BCUT2D eigenvalue weighted by molar-refractivity contribution is -0.0192. The number of ether oxygens (including phenoxy) is 1. The third kappa shape index (κ3) is 3.39. The molecule has 1 atom stereocenters. The molecule has 1 aromatic rings. The van der Waals surface area contributed by atoms with Gasteiger partial charge in [0.05, 0.1) is 0 Å². The first-order chi connectivity index (χ1) is 7.34. The van der Waals surface area contributed by atoms with E-state index in [1.807, 2.05) is 19.9 Å². The van der Waals surface area contributed by atoms with Crippen LogP contribution in [0.5, 0.6) is 0 Å². The Morgan fingerprint density at radius 2 is 2.12 bits per heavy atom. The summed E-state index contributed by atoms with van der Waals surface area (Å²) in [6, 6.07) is 1.85. The van der Waals surface area contributed by atoms with Gasteiger partial charge in [-0.05, 0) is 25.3 Å². The molecule has 1 aromatic heterocycles. The average Bonchev–Trinajstić information content (AvgIpc) is 2.10. The van der Waals surface area contributed by atoms with Crippen LogP contribution in [0.3, 0.4) is 0 Å². The van der Waals surface area contributed by atoms with Crippen molar-refractivity contribution in [3.63, 3.8) is 0 Å². The van der Waals surface area contributed by atoms with Crippen molar-refractivity contribution in [3.8, 4) is 0 Å². The number of rotatable bonds is 3. The zero-order chi connectivity index (χ0) is 12.3. The molecule has 0 spiro atoms. The fraction of sp³-hybridized carbons (Fsp3) is 0.667. The third-order valence-corrected chi connectivity index (χ3v) is 2.47. The van der Waals surface area contributed by atoms with Gasteiger partial charge in [-0.2, -0.15) is 0 Å². The molecule has 1 rings (SSSR count). The van der Waals surface area contributed by atoms with Gasteiger partial charge in [0.25, 0.3) is 0 Å². The maximum Gasteiger partial charge on any atom is 0.137 e. The van der Waals surface area contributed by atoms with Crippen LogP contribution in [-0.2, 0) is 4.74 Å². The van der Waals surface area contributed by atoms with Crippen LogP contribution >= 0.6 is 12.2 Å². The molecule has 0 aliphatic heterocycles. The molecular weight excluding hydrogens is 220 g/mol. The fourth-order valence-corrected chi connectivity index (χ4v) is 1.91. The number of aryl methyl sites for hydroxylation is 1. The lowest BCUT2D eigenvalue weighted by atomic mass is 9.88. The van der Waals surface area contributed by atoms with E-state index in [-0.39, 0.29) is 11.5 Å². The number of H-pyrrole nitrogens is 1. The SMILES string of the molecule is CCOC(c1nc(=S)cc(C)[nH]1)C(C)(C)C. The molecule has 0 fully saturated rings. The Balaban J connectivity index is 3.15. The van der Waals surface area contributed by atoms with Crippen LogP contribution < -0.4 is 0 Å². The van der Waals surface area contributed by atoms with Crippen LogP contribution in [0.25, 0.3) is 0 Å². The van der Waals surface area contributed by atoms with Crippen LogP contribution in [0.15, 0.2) is 6.07 Å². The number of nitrogens with one attached hydrogen (secondary N) is 1. The van der Waals surface area contributed by atoms with Gasteiger partial charge in [-0.1, -0.05) is 33.0 Å². The first-order valence-electron chi connectivity index (χ1n) is 5.54. The summed E-state index contributed by atoms with van der Waals surface area (Å²) in [5.41, 5.74) is 1.01. The van der Waals surface area contributed by atoms with E-state index in [4.69, 9.17) is 17.0 Å². The Morgan fingerprint density at radius 1 is 1.50 bits per heavy atom. The van der Waals surface area contributed by atoms with Gasteiger partial charge in [-0.15, -0.1) is 0 Å². The summed E-state index contributed by atoms with van der Waals surface area (Å²) < 4.78 is 6.37. The lowest BCUT2D eigenvalue weighted by Gasteiger charge is -2.29. The number of aromatic amines is 1. The summed E-state index contributed by atoms with van der Waals surface area (Å²) in [6.07, 6.45) is -0.0564. The average molecular weight is 240 g/mol. The van der Waals surface area contributed by atoms with Crippen LogP contribution in [0.2, 0.25) is 0 Å². The van der Waals surface area contributed by atoms with Crippen molar-refractivity contribution in [2.45, 2.75) is 40.7 Å². The van der Waals surface area contributed by atoms with Gasteiger partial charge in [-0.25, -0.2) is 4.98 Å². The second-order valence-electron chi connectivity index (χ2n) is 4.99. The van der Waals surface area contributed by atoms with E-state index >= 15 is 0 Å². The highest BCUT2D eigenvalue weighted by Gasteiger charge is 2.28. The van der Waals surface area contributed by atoms with Crippen molar-refractivity contribution < 1.29 is 4.74 Å². The van der Waals surface area contributed by atoms with Crippen LogP contribution in [0, 0.1) is 17.0 Å². The zero-order valence-corrected chi connectivity index (χ0v) is 11.4. The van der Waals surface area contributed by atoms with Crippen molar-refractivity contribution in [3.05, 3.63) is 22.2 Å². The monoisotopic (exact) mass is 240 g/mol. The molecule has 0 bridgehead atoms. The second kappa shape index (κ2) is 5.06. The highest BCUT2D eigenvalue weighted by atomic mass is 32.1. The Bertz CT molecular complexity index is 406. The molecule has 4 heteroatoms. The van der Waals surface area contributed by atoms with Crippen LogP contribution in [0.4, 0.5) is 0 Å². The topological polar surface area (TPSA) is 37.9 Å². The molecule has 1 N–H and O–H groups in total. The molecule has 0 amide bonds. The Kier molecular flexibility index (Phi) is 4.21. The minimum atomic E-state index is -0.0564. The highest BCUT2D eigenvalue weighted by molar-refractivity contribution is 7.71. The van der Waals surface area contributed by atoms with Gasteiger partial charge in [0.15, 0.2) is 0 Å². The zero-order valence-electron chi connectivity index (χ0n) is 10.6. The highest BCUT2D eigenvalue weighted by Crippen LogP contribution is 2.34. The van der Waals surface area contributed by atoms with Gasteiger partial charge < -0.3 is 9.72 Å². The molecular formula is C12H20N2OS. The van der Waals surface area contributed by atoms with E-state index in [0.29, 0.717) is 11.2 Å². The van der Waals surface area contributed by atoms with E-state index < -0.39 is 0 Å². The minimum absolute atomic E-state index is 0.00488. The van der Waals surface area contributed by atoms with Gasteiger partial charge in [0.1, 0.15) is 16.6 Å². The predicted molar refractivity (Wildman–Crippen MR) is 68.0 cm³/mol. The van der Waals surface area contributed by atoms with Gasteiger partial charge in [-0.3, -0.25) is 0 Å². The Hall–Kier alpha value is -0.740. The Morgan fingerprint density at radius 3 is 2.56 bits per heavy atom. The molecule has 1 heterocycles. The summed E-state index contributed by atoms with van der Waals surface area (Å²) in [7, 11) is 0. The Labute approximate surface area is 102 Å². The van der Waals surface area contributed by atoms with Crippen molar-refractivity contribution in [2.24, 2.45) is 5.41 Å². The number of hydrogen-bond acceptors (Lipinski definition) is 3. The lowest BCUT2D eigenvalue weighted by Crippen LogP contribution is -2.23. The minimum Gasteiger partial charge on any atom is -0.370 e. The number of hydrogen-bond donors (Lipinski definition) is 1. The quantitative estimate of drug-likeness (QED) is 0.821. The van der Waals surface area contributed by atoms with Gasteiger partial charge >= 0.3 is 0 Å². The molecule has 0 aromatic carbocycles. The molecule has 3 nitrogen and oxygen atoms in total. The predicted octanol–water partition coefficient (Wildman–Crippen LogP) is 3.57. The summed E-state index contributed by atoms with van der Waals surface area (Å²) >= 11 is 5.13. The summed E-state index contributed by atoms with van der Waals surface area (Å²) in [6.45, 7) is 11.0. The summed E-state index contributed by atoms with van der Waals surface area (Å²) in [5.74, 6) is 0.819. The first kappa shape index (κ1) is 13.3. The van der Waals surface area contributed by atoms with Crippen molar-refractivity contribution in [2.75, 3.05) is 6.61 Å². The van der Waals surface area contributed by atoms with E-state index in [1.165, 1.54) is 0 Å². The molecule has 0 saturated carbocycles. The second-order valence-corrected chi connectivity index (χ2v) is 5.41.